The lowest BCUT2D eigenvalue weighted by molar-refractivity contribution is 0.209. The van der Waals surface area contributed by atoms with E-state index in [0.29, 0.717) is 5.82 Å². The second-order valence-electron chi connectivity index (χ2n) is 4.27. The summed E-state index contributed by atoms with van der Waals surface area (Å²) in [6.07, 6.45) is 3.93. The second-order valence-corrected chi connectivity index (χ2v) is 4.27. The van der Waals surface area contributed by atoms with Crippen LogP contribution in [-0.2, 0) is 13.1 Å². The highest BCUT2D eigenvalue weighted by molar-refractivity contribution is 5.29. The smallest absolute Gasteiger partial charge is 0.145 e. The molecule has 0 amide bonds. The van der Waals surface area contributed by atoms with Gasteiger partial charge in [0.15, 0.2) is 0 Å². The SMILES string of the molecule is CCCCCN1CCn2nc(N)cc2C1. The summed E-state index contributed by atoms with van der Waals surface area (Å²) in [6, 6.07) is 1.99. The van der Waals surface area contributed by atoms with Crippen LogP contribution in [0.3, 0.4) is 0 Å². The number of hydrogen-bond donors (Lipinski definition) is 1. The molecule has 0 bridgehead atoms. The van der Waals surface area contributed by atoms with Gasteiger partial charge in [-0.3, -0.25) is 9.58 Å². The number of hydrogen-bond acceptors (Lipinski definition) is 3. The highest BCUT2D eigenvalue weighted by Crippen LogP contribution is 2.15. The summed E-state index contributed by atoms with van der Waals surface area (Å²) in [5, 5.41) is 4.25. The zero-order chi connectivity index (χ0) is 10.7. The van der Waals surface area contributed by atoms with Crippen molar-refractivity contribution in [3.63, 3.8) is 0 Å². The molecule has 0 saturated carbocycles. The molecule has 2 N–H and O–H groups in total. The number of rotatable bonds is 4. The number of nitrogens with two attached hydrogens (primary N) is 1. The molecule has 84 valence electrons. The fourth-order valence-corrected chi connectivity index (χ4v) is 2.12. The maximum absolute atomic E-state index is 5.67. The number of aromatic nitrogens is 2. The van der Waals surface area contributed by atoms with Gasteiger partial charge in [0, 0.05) is 19.2 Å². The number of fused-ring (bicyclic) bond motifs is 1. The third kappa shape index (κ3) is 2.50. The van der Waals surface area contributed by atoms with Gasteiger partial charge in [0.05, 0.1) is 12.2 Å². The first kappa shape index (κ1) is 10.5. The molecule has 0 aromatic carbocycles. The Balaban J connectivity index is 1.88. The van der Waals surface area contributed by atoms with Crippen molar-refractivity contribution in [2.24, 2.45) is 0 Å². The van der Waals surface area contributed by atoms with E-state index in [-0.39, 0.29) is 0 Å². The predicted molar refractivity (Wildman–Crippen MR) is 61.4 cm³/mol. The van der Waals surface area contributed by atoms with Crippen LogP contribution in [0, 0.1) is 0 Å². The first-order chi connectivity index (χ1) is 7.29. The van der Waals surface area contributed by atoms with E-state index in [1.807, 2.05) is 10.7 Å². The highest BCUT2D eigenvalue weighted by atomic mass is 15.3. The molecule has 0 spiro atoms. The summed E-state index contributed by atoms with van der Waals surface area (Å²) in [5.41, 5.74) is 6.93. The Kier molecular flexibility index (Phi) is 3.26. The molecular formula is C11H20N4. The Morgan fingerprint density at radius 1 is 1.40 bits per heavy atom. The molecule has 0 atom stereocenters. The molecule has 4 heteroatoms. The van der Waals surface area contributed by atoms with Gasteiger partial charge in [0.2, 0.25) is 0 Å². The van der Waals surface area contributed by atoms with Gasteiger partial charge in [-0.1, -0.05) is 19.8 Å². The van der Waals surface area contributed by atoms with Crippen LogP contribution in [0.1, 0.15) is 31.9 Å². The van der Waals surface area contributed by atoms with Crippen molar-refractivity contribution >= 4 is 5.82 Å². The molecule has 0 fully saturated rings. The molecule has 1 aromatic heterocycles. The fraction of sp³-hybridized carbons (Fsp3) is 0.727. The van der Waals surface area contributed by atoms with E-state index >= 15 is 0 Å². The van der Waals surface area contributed by atoms with E-state index in [1.165, 1.54) is 31.5 Å². The Bertz CT molecular complexity index is 318. The van der Waals surface area contributed by atoms with Gasteiger partial charge in [-0.2, -0.15) is 5.10 Å². The summed E-state index contributed by atoms with van der Waals surface area (Å²) < 4.78 is 2.03. The molecule has 1 aromatic rings. The number of unbranched alkanes of at least 4 members (excludes halogenated alkanes) is 2. The summed E-state index contributed by atoms with van der Waals surface area (Å²) in [5.74, 6) is 0.653. The van der Waals surface area contributed by atoms with Gasteiger partial charge in [0.1, 0.15) is 5.82 Å². The van der Waals surface area contributed by atoms with Crippen molar-refractivity contribution in [3.05, 3.63) is 11.8 Å². The van der Waals surface area contributed by atoms with E-state index in [2.05, 4.69) is 16.9 Å². The molecule has 4 nitrogen and oxygen atoms in total. The zero-order valence-electron chi connectivity index (χ0n) is 9.45. The topological polar surface area (TPSA) is 47.1 Å². The van der Waals surface area contributed by atoms with Crippen molar-refractivity contribution in [2.75, 3.05) is 18.8 Å². The van der Waals surface area contributed by atoms with Crippen LogP contribution in [-0.4, -0.2) is 27.8 Å². The van der Waals surface area contributed by atoms with Gasteiger partial charge in [0.25, 0.3) is 0 Å². The number of anilines is 1. The van der Waals surface area contributed by atoms with Crippen molar-refractivity contribution in [1.82, 2.24) is 14.7 Å². The lowest BCUT2D eigenvalue weighted by Crippen LogP contribution is -2.34. The van der Waals surface area contributed by atoms with Crippen LogP contribution in [0.25, 0.3) is 0 Å². The predicted octanol–water partition coefficient (Wildman–Crippen LogP) is 1.47. The average molecular weight is 208 g/mol. The normalized spacial score (nSPS) is 16.6. The quantitative estimate of drug-likeness (QED) is 0.762. The molecule has 0 radical (unpaired) electrons. The molecule has 0 saturated heterocycles. The van der Waals surface area contributed by atoms with Gasteiger partial charge in [-0.05, 0) is 13.0 Å². The average Bonchev–Trinajstić information content (AvgIpc) is 2.57. The molecule has 1 aliphatic heterocycles. The van der Waals surface area contributed by atoms with Crippen LogP contribution in [0.5, 0.6) is 0 Å². The maximum atomic E-state index is 5.67. The van der Waals surface area contributed by atoms with Gasteiger partial charge < -0.3 is 5.73 Å². The monoisotopic (exact) mass is 208 g/mol. The molecule has 0 unspecified atom stereocenters. The molecular weight excluding hydrogens is 188 g/mol. The lowest BCUT2D eigenvalue weighted by atomic mass is 10.2. The standard InChI is InChI=1S/C11H20N4/c1-2-3-4-5-14-6-7-15-10(9-14)8-11(12)13-15/h8H,2-7,9H2,1H3,(H2,12,13). The fourth-order valence-electron chi connectivity index (χ4n) is 2.12. The minimum atomic E-state index is 0.653. The minimum absolute atomic E-state index is 0.653. The first-order valence-corrected chi connectivity index (χ1v) is 5.84. The molecule has 2 heterocycles. The number of nitrogens with zero attached hydrogens (tertiary/aromatic N) is 3. The van der Waals surface area contributed by atoms with Crippen LogP contribution < -0.4 is 5.73 Å². The third-order valence-corrected chi connectivity index (χ3v) is 2.97. The van der Waals surface area contributed by atoms with Crippen LogP contribution >= 0.6 is 0 Å². The third-order valence-electron chi connectivity index (χ3n) is 2.97. The summed E-state index contributed by atoms with van der Waals surface area (Å²) in [4.78, 5) is 2.49. The molecule has 15 heavy (non-hydrogen) atoms. The van der Waals surface area contributed by atoms with Crippen molar-refractivity contribution in [1.29, 1.82) is 0 Å². The largest absolute Gasteiger partial charge is 0.382 e. The molecule has 2 rings (SSSR count). The van der Waals surface area contributed by atoms with Gasteiger partial charge >= 0.3 is 0 Å². The Labute approximate surface area is 91.1 Å². The Morgan fingerprint density at radius 3 is 3.07 bits per heavy atom. The first-order valence-electron chi connectivity index (χ1n) is 5.84. The molecule has 1 aliphatic rings. The Hall–Kier alpha value is -1.03. The summed E-state index contributed by atoms with van der Waals surface area (Å²) in [7, 11) is 0. The van der Waals surface area contributed by atoms with Crippen LogP contribution in [0.2, 0.25) is 0 Å². The second kappa shape index (κ2) is 4.66. The lowest BCUT2D eigenvalue weighted by Gasteiger charge is -2.27. The summed E-state index contributed by atoms with van der Waals surface area (Å²) in [6.45, 7) is 6.55. The van der Waals surface area contributed by atoms with E-state index in [0.717, 1.165) is 19.6 Å². The number of nitrogen functional groups attached to an aromatic ring is 1. The van der Waals surface area contributed by atoms with Gasteiger partial charge in [-0.25, -0.2) is 0 Å². The van der Waals surface area contributed by atoms with Crippen LogP contribution in [0.15, 0.2) is 6.07 Å². The van der Waals surface area contributed by atoms with Crippen molar-refractivity contribution in [2.45, 2.75) is 39.3 Å². The van der Waals surface area contributed by atoms with E-state index in [1.54, 1.807) is 0 Å². The Morgan fingerprint density at radius 2 is 2.27 bits per heavy atom. The molecule has 0 aliphatic carbocycles. The minimum Gasteiger partial charge on any atom is -0.382 e. The van der Waals surface area contributed by atoms with Crippen molar-refractivity contribution < 1.29 is 0 Å². The van der Waals surface area contributed by atoms with Gasteiger partial charge in [-0.15, -0.1) is 0 Å². The van der Waals surface area contributed by atoms with Crippen LogP contribution in [0.4, 0.5) is 5.82 Å². The van der Waals surface area contributed by atoms with E-state index in [9.17, 15) is 0 Å². The van der Waals surface area contributed by atoms with E-state index < -0.39 is 0 Å². The zero-order valence-corrected chi connectivity index (χ0v) is 9.45. The van der Waals surface area contributed by atoms with Crippen molar-refractivity contribution in [3.8, 4) is 0 Å². The van der Waals surface area contributed by atoms with E-state index in [4.69, 9.17) is 5.73 Å². The maximum Gasteiger partial charge on any atom is 0.145 e. The highest BCUT2D eigenvalue weighted by Gasteiger charge is 2.16. The summed E-state index contributed by atoms with van der Waals surface area (Å²) >= 11 is 0.